The Morgan fingerprint density at radius 1 is 1.04 bits per heavy atom. The Labute approximate surface area is 156 Å². The van der Waals surface area contributed by atoms with E-state index in [-0.39, 0.29) is 12.1 Å². The number of thioether (sulfide) groups is 1. The molecule has 1 fully saturated rings. The van der Waals surface area contributed by atoms with Crippen molar-refractivity contribution in [1.29, 1.82) is 0 Å². The summed E-state index contributed by atoms with van der Waals surface area (Å²) in [6.45, 7) is 3.28. The van der Waals surface area contributed by atoms with Crippen LogP contribution in [-0.2, 0) is 0 Å². The predicted molar refractivity (Wildman–Crippen MR) is 104 cm³/mol. The maximum absolute atomic E-state index is 5.06. The summed E-state index contributed by atoms with van der Waals surface area (Å²) >= 11 is 1.87. The van der Waals surface area contributed by atoms with Crippen LogP contribution in [0.3, 0.4) is 0 Å². The van der Waals surface area contributed by atoms with E-state index < -0.39 is 0 Å². The molecular formula is C20H19N5S. The number of aliphatic imine (C=N–C) groups is 1. The van der Waals surface area contributed by atoms with Gasteiger partial charge in [0.15, 0.2) is 5.17 Å². The van der Waals surface area contributed by atoms with Crippen LogP contribution in [0.5, 0.6) is 0 Å². The first-order valence-corrected chi connectivity index (χ1v) is 9.69. The molecule has 130 valence electrons. The minimum atomic E-state index is 0.0155. The number of aromatic nitrogens is 3. The lowest BCUT2D eigenvalue weighted by Crippen LogP contribution is -2.30. The molecule has 1 saturated heterocycles. The van der Waals surface area contributed by atoms with Gasteiger partial charge in [0.05, 0.1) is 11.7 Å². The Bertz CT molecular complexity index is 937. The van der Waals surface area contributed by atoms with Gasteiger partial charge in [-0.2, -0.15) is 0 Å². The third-order valence-electron chi connectivity index (χ3n) is 4.91. The maximum atomic E-state index is 5.06. The molecular weight excluding hydrogens is 342 g/mol. The highest BCUT2D eigenvalue weighted by Crippen LogP contribution is 2.47. The largest absolute Gasteiger partial charge is 0.339 e. The SMILES string of the molecule is C[C@H]1CN2C(=N[C@H](c3ccccn3)[C@@H]2c2cccn2-c2ccncc2)S1. The summed E-state index contributed by atoms with van der Waals surface area (Å²) in [4.78, 5) is 16.3. The highest BCUT2D eigenvalue weighted by Gasteiger charge is 2.44. The summed E-state index contributed by atoms with van der Waals surface area (Å²) in [5.74, 6) is 0. The van der Waals surface area contributed by atoms with Crippen LogP contribution in [0.1, 0.15) is 30.4 Å². The summed E-state index contributed by atoms with van der Waals surface area (Å²) in [6.07, 6.45) is 7.64. The van der Waals surface area contributed by atoms with Crippen molar-refractivity contribution < 1.29 is 0 Å². The van der Waals surface area contributed by atoms with Gasteiger partial charge in [0, 0.05) is 48.0 Å². The number of hydrogen-bond donors (Lipinski definition) is 0. The second-order valence-electron chi connectivity index (χ2n) is 6.65. The molecule has 5 rings (SSSR count). The molecule has 0 bridgehead atoms. The lowest BCUT2D eigenvalue weighted by molar-refractivity contribution is 0.312. The van der Waals surface area contributed by atoms with E-state index >= 15 is 0 Å². The fraction of sp³-hybridized carbons (Fsp3) is 0.250. The van der Waals surface area contributed by atoms with Gasteiger partial charge in [0.25, 0.3) is 0 Å². The molecule has 3 aromatic heterocycles. The van der Waals surface area contributed by atoms with Gasteiger partial charge in [0.2, 0.25) is 0 Å². The van der Waals surface area contributed by atoms with Crippen LogP contribution in [0, 0.1) is 0 Å². The Hall–Kier alpha value is -2.60. The number of hydrogen-bond acceptors (Lipinski definition) is 5. The minimum Gasteiger partial charge on any atom is -0.339 e. The van der Waals surface area contributed by atoms with Crippen LogP contribution in [0.15, 0.2) is 72.2 Å². The first-order chi connectivity index (χ1) is 12.8. The average Bonchev–Trinajstić information content (AvgIpc) is 3.37. The van der Waals surface area contributed by atoms with E-state index in [1.54, 1.807) is 0 Å². The van der Waals surface area contributed by atoms with Crippen molar-refractivity contribution in [1.82, 2.24) is 19.4 Å². The van der Waals surface area contributed by atoms with Crippen molar-refractivity contribution in [2.45, 2.75) is 24.3 Å². The molecule has 3 aromatic rings. The third-order valence-corrected chi connectivity index (χ3v) is 6.01. The molecule has 6 heteroatoms. The van der Waals surface area contributed by atoms with Gasteiger partial charge in [-0.3, -0.25) is 15.0 Å². The lowest BCUT2D eigenvalue weighted by atomic mass is 10.0. The van der Waals surface area contributed by atoms with Crippen molar-refractivity contribution in [3.8, 4) is 5.69 Å². The summed E-state index contributed by atoms with van der Waals surface area (Å²) in [5, 5.41) is 1.70. The Morgan fingerprint density at radius 2 is 1.92 bits per heavy atom. The molecule has 3 atom stereocenters. The summed E-state index contributed by atoms with van der Waals surface area (Å²) in [5.41, 5.74) is 3.38. The molecule has 26 heavy (non-hydrogen) atoms. The number of rotatable bonds is 3. The van der Waals surface area contributed by atoms with E-state index in [0.717, 1.165) is 23.1 Å². The Kier molecular flexibility index (Phi) is 3.78. The normalized spacial score (nSPS) is 24.6. The van der Waals surface area contributed by atoms with Gasteiger partial charge in [-0.05, 0) is 36.4 Å². The van der Waals surface area contributed by atoms with Crippen LogP contribution >= 0.6 is 11.8 Å². The van der Waals surface area contributed by atoms with Crippen molar-refractivity contribution in [3.63, 3.8) is 0 Å². The minimum absolute atomic E-state index is 0.0155. The first kappa shape index (κ1) is 15.6. The average molecular weight is 361 g/mol. The van der Waals surface area contributed by atoms with Crippen molar-refractivity contribution in [2.24, 2.45) is 4.99 Å². The first-order valence-electron chi connectivity index (χ1n) is 8.81. The zero-order chi connectivity index (χ0) is 17.5. The molecule has 0 N–H and O–H groups in total. The molecule has 0 radical (unpaired) electrons. The molecule has 0 aromatic carbocycles. The molecule has 5 nitrogen and oxygen atoms in total. The Morgan fingerprint density at radius 3 is 2.73 bits per heavy atom. The van der Waals surface area contributed by atoms with E-state index in [2.05, 4.69) is 50.8 Å². The molecule has 5 heterocycles. The van der Waals surface area contributed by atoms with Crippen LogP contribution in [-0.4, -0.2) is 36.4 Å². The second-order valence-corrected chi connectivity index (χ2v) is 8.05. The van der Waals surface area contributed by atoms with Gasteiger partial charge >= 0.3 is 0 Å². The Balaban J connectivity index is 1.62. The zero-order valence-corrected chi connectivity index (χ0v) is 15.3. The van der Waals surface area contributed by atoms with Crippen LogP contribution in [0.25, 0.3) is 5.69 Å². The standard InChI is InChI=1S/C20H19N5S/c1-14-13-25-19(17-6-4-12-24(17)15-7-10-21-11-8-15)18(23-20(25)26-14)16-5-2-3-9-22-16/h2-12,14,18-19H,13H2,1H3/t14-,18+,19-/m0/s1. The molecule has 0 amide bonds. The van der Waals surface area contributed by atoms with Gasteiger partial charge in [-0.1, -0.05) is 24.8 Å². The van der Waals surface area contributed by atoms with Crippen LogP contribution in [0.2, 0.25) is 0 Å². The van der Waals surface area contributed by atoms with E-state index in [9.17, 15) is 0 Å². The predicted octanol–water partition coefficient (Wildman–Crippen LogP) is 3.86. The highest BCUT2D eigenvalue weighted by atomic mass is 32.2. The number of pyridine rings is 2. The number of nitrogens with zero attached hydrogens (tertiary/aromatic N) is 5. The number of fused-ring (bicyclic) bond motifs is 1. The van der Waals surface area contributed by atoms with Crippen molar-refractivity contribution in [3.05, 3.63) is 78.6 Å². The summed E-state index contributed by atoms with van der Waals surface area (Å²) in [7, 11) is 0. The fourth-order valence-corrected chi connectivity index (χ4v) is 4.91. The second kappa shape index (κ2) is 6.29. The number of amidine groups is 1. The highest BCUT2D eigenvalue weighted by molar-refractivity contribution is 8.14. The van der Waals surface area contributed by atoms with E-state index in [1.165, 1.54) is 5.69 Å². The molecule has 2 aliphatic heterocycles. The summed E-state index contributed by atoms with van der Waals surface area (Å²) < 4.78 is 2.24. The van der Waals surface area contributed by atoms with Gasteiger partial charge in [-0.15, -0.1) is 0 Å². The van der Waals surface area contributed by atoms with Crippen LogP contribution in [0.4, 0.5) is 0 Å². The van der Waals surface area contributed by atoms with Crippen molar-refractivity contribution >= 4 is 16.9 Å². The topological polar surface area (TPSA) is 46.3 Å². The smallest absolute Gasteiger partial charge is 0.160 e. The fourth-order valence-electron chi connectivity index (χ4n) is 3.81. The van der Waals surface area contributed by atoms with Gasteiger partial charge in [0.1, 0.15) is 6.04 Å². The van der Waals surface area contributed by atoms with Crippen molar-refractivity contribution in [2.75, 3.05) is 6.54 Å². The van der Waals surface area contributed by atoms with Gasteiger partial charge in [-0.25, -0.2) is 0 Å². The zero-order valence-electron chi connectivity index (χ0n) is 14.4. The van der Waals surface area contributed by atoms with Gasteiger partial charge < -0.3 is 9.47 Å². The summed E-state index contributed by atoms with van der Waals surface area (Å²) in [6, 6.07) is 14.6. The van der Waals surface area contributed by atoms with E-state index in [1.807, 2.05) is 54.6 Å². The molecule has 0 unspecified atom stereocenters. The monoisotopic (exact) mass is 361 g/mol. The molecule has 0 spiro atoms. The molecule has 0 saturated carbocycles. The molecule has 2 aliphatic rings. The third kappa shape index (κ3) is 2.52. The van der Waals surface area contributed by atoms with Crippen LogP contribution < -0.4 is 0 Å². The lowest BCUT2D eigenvalue weighted by Gasteiger charge is -2.28. The maximum Gasteiger partial charge on any atom is 0.160 e. The van der Waals surface area contributed by atoms with E-state index in [4.69, 9.17) is 4.99 Å². The quantitative estimate of drug-likeness (QED) is 0.711. The van der Waals surface area contributed by atoms with E-state index in [0.29, 0.717) is 5.25 Å². The molecule has 0 aliphatic carbocycles.